The molecule has 1 heterocycles. The summed E-state index contributed by atoms with van der Waals surface area (Å²) in [5.41, 5.74) is 0. The van der Waals surface area contributed by atoms with E-state index in [9.17, 15) is 5.11 Å². The van der Waals surface area contributed by atoms with E-state index in [1.807, 2.05) is 7.85 Å². The van der Waals surface area contributed by atoms with Gasteiger partial charge < -0.3 is 14.9 Å². The highest BCUT2D eigenvalue weighted by atomic mass is 16.5. The Bertz CT molecular complexity index is 109. The summed E-state index contributed by atoms with van der Waals surface area (Å²) >= 11 is 0. The molecule has 0 saturated carbocycles. The molecule has 1 aliphatic heterocycles. The number of aliphatic hydroxyl groups is 2. The molecular formula is C6H13BO3. The first-order valence-electron chi connectivity index (χ1n) is 3.64. The van der Waals surface area contributed by atoms with Crippen molar-refractivity contribution in [2.45, 2.75) is 24.4 Å². The first-order chi connectivity index (χ1) is 4.74. The van der Waals surface area contributed by atoms with E-state index in [0.717, 1.165) is 6.42 Å². The lowest BCUT2D eigenvalue weighted by molar-refractivity contribution is -0.0936. The predicted octanol–water partition coefficient (Wildman–Crippen LogP) is -1.45. The molecule has 4 heteroatoms. The second-order valence-corrected chi connectivity index (χ2v) is 2.96. The molecule has 0 bridgehead atoms. The third kappa shape index (κ3) is 1.72. The van der Waals surface area contributed by atoms with Crippen LogP contribution in [0.1, 0.15) is 6.42 Å². The summed E-state index contributed by atoms with van der Waals surface area (Å²) in [6.07, 6.45) is -0.0875. The molecule has 1 aliphatic rings. The Balaban J connectivity index is 2.36. The van der Waals surface area contributed by atoms with Gasteiger partial charge in [0, 0.05) is 6.61 Å². The van der Waals surface area contributed by atoms with E-state index in [1.165, 1.54) is 0 Å². The van der Waals surface area contributed by atoms with Gasteiger partial charge in [0.2, 0.25) is 0 Å². The molecular weight excluding hydrogens is 131 g/mol. The Kier molecular flexibility index (Phi) is 2.71. The maximum absolute atomic E-state index is 9.25. The van der Waals surface area contributed by atoms with Crippen molar-refractivity contribution >= 4 is 7.85 Å². The lowest BCUT2D eigenvalue weighted by Gasteiger charge is -2.30. The fourth-order valence-electron chi connectivity index (χ4n) is 1.21. The summed E-state index contributed by atoms with van der Waals surface area (Å²) < 4.78 is 5.15. The topological polar surface area (TPSA) is 49.7 Å². The van der Waals surface area contributed by atoms with Crippen molar-refractivity contribution in [2.24, 2.45) is 0 Å². The number of aliphatic hydroxyl groups excluding tert-OH is 2. The maximum atomic E-state index is 9.25. The van der Waals surface area contributed by atoms with Crippen LogP contribution in [0.4, 0.5) is 0 Å². The van der Waals surface area contributed by atoms with Crippen LogP contribution in [0.15, 0.2) is 0 Å². The average molecular weight is 144 g/mol. The zero-order chi connectivity index (χ0) is 7.56. The average Bonchev–Trinajstić information content (AvgIpc) is 1.88. The van der Waals surface area contributed by atoms with E-state index in [1.54, 1.807) is 0 Å². The second-order valence-electron chi connectivity index (χ2n) is 2.96. The minimum atomic E-state index is -0.478. The van der Waals surface area contributed by atoms with Gasteiger partial charge in [0.1, 0.15) is 14.0 Å². The minimum Gasteiger partial charge on any atom is -0.394 e. The highest BCUT2D eigenvalue weighted by Gasteiger charge is 2.26. The molecule has 3 nitrogen and oxygen atoms in total. The van der Waals surface area contributed by atoms with Gasteiger partial charge in [0.05, 0.1) is 12.7 Å². The third-order valence-corrected chi connectivity index (χ3v) is 1.85. The van der Waals surface area contributed by atoms with Crippen molar-refractivity contribution in [3.8, 4) is 0 Å². The van der Waals surface area contributed by atoms with Gasteiger partial charge in [-0.1, -0.05) is 0 Å². The van der Waals surface area contributed by atoms with Crippen LogP contribution in [0.3, 0.4) is 0 Å². The molecule has 0 aromatic rings. The quantitative estimate of drug-likeness (QED) is 0.442. The van der Waals surface area contributed by atoms with E-state index in [2.05, 4.69) is 0 Å². The van der Waals surface area contributed by atoms with Gasteiger partial charge in [0.15, 0.2) is 0 Å². The van der Waals surface area contributed by atoms with Crippen LogP contribution < -0.4 is 0 Å². The smallest absolute Gasteiger partial charge is 0.108 e. The molecule has 0 aliphatic carbocycles. The summed E-state index contributed by atoms with van der Waals surface area (Å²) in [6.45, 7) is 0.580. The Labute approximate surface area is 61.4 Å². The van der Waals surface area contributed by atoms with Crippen molar-refractivity contribution in [3.63, 3.8) is 0 Å². The molecule has 1 rings (SSSR count). The van der Waals surface area contributed by atoms with E-state index < -0.39 is 6.10 Å². The van der Waals surface area contributed by atoms with Crippen molar-refractivity contribution in [3.05, 3.63) is 0 Å². The van der Waals surface area contributed by atoms with Crippen LogP contribution in [0, 0.1) is 0 Å². The normalized spacial score (nSPS) is 41.6. The Morgan fingerprint density at radius 3 is 2.80 bits per heavy atom. The van der Waals surface area contributed by atoms with E-state index in [-0.39, 0.29) is 12.7 Å². The van der Waals surface area contributed by atoms with Gasteiger partial charge in [-0.25, -0.2) is 0 Å². The first-order valence-corrected chi connectivity index (χ1v) is 3.64. The summed E-state index contributed by atoms with van der Waals surface area (Å²) in [7, 11) is 2.02. The van der Waals surface area contributed by atoms with Gasteiger partial charge >= 0.3 is 0 Å². The summed E-state index contributed by atoms with van der Waals surface area (Å²) in [4.78, 5) is 0. The fourth-order valence-corrected chi connectivity index (χ4v) is 1.21. The molecule has 1 saturated heterocycles. The van der Waals surface area contributed by atoms with E-state index in [4.69, 9.17) is 9.84 Å². The SMILES string of the molecule is B[C@@H]1CO[C@H](CO)[C@@H](O)C1. The van der Waals surface area contributed by atoms with Crippen LogP contribution in [-0.4, -0.2) is 43.5 Å². The van der Waals surface area contributed by atoms with Gasteiger partial charge in [0.25, 0.3) is 0 Å². The highest BCUT2D eigenvalue weighted by Crippen LogP contribution is 2.20. The highest BCUT2D eigenvalue weighted by molar-refractivity contribution is 6.11. The van der Waals surface area contributed by atoms with Crippen LogP contribution in [-0.2, 0) is 4.74 Å². The molecule has 3 atom stereocenters. The van der Waals surface area contributed by atoms with Gasteiger partial charge in [-0.05, 0) is 12.2 Å². The van der Waals surface area contributed by atoms with Crippen molar-refractivity contribution in [1.82, 2.24) is 0 Å². The number of rotatable bonds is 1. The molecule has 1 fully saturated rings. The number of hydrogen-bond donors (Lipinski definition) is 2. The minimum absolute atomic E-state index is 0.0755. The summed E-state index contributed by atoms with van der Waals surface area (Å²) in [6, 6.07) is 0. The monoisotopic (exact) mass is 144 g/mol. The molecule has 0 amide bonds. The summed E-state index contributed by atoms with van der Waals surface area (Å²) in [5, 5.41) is 17.9. The van der Waals surface area contributed by atoms with Gasteiger partial charge in [-0.3, -0.25) is 0 Å². The Hall–Kier alpha value is -0.0551. The third-order valence-electron chi connectivity index (χ3n) is 1.85. The van der Waals surface area contributed by atoms with E-state index >= 15 is 0 Å². The second kappa shape index (κ2) is 3.37. The fraction of sp³-hybridized carbons (Fsp3) is 1.00. The molecule has 10 heavy (non-hydrogen) atoms. The van der Waals surface area contributed by atoms with Crippen LogP contribution >= 0.6 is 0 Å². The first kappa shape index (κ1) is 8.05. The number of ether oxygens (including phenoxy) is 1. The largest absolute Gasteiger partial charge is 0.394 e. The lowest BCUT2D eigenvalue weighted by atomic mass is 9.81. The molecule has 0 aromatic carbocycles. The Morgan fingerprint density at radius 2 is 2.30 bits per heavy atom. The molecule has 0 aromatic heterocycles. The standard InChI is InChI=1S/C6H13BO3/c7-4-1-5(9)6(2-8)10-3-4/h4-6,8-9H,1-3,7H2/t4-,5-,6+/m0/s1. The number of hydrogen-bond acceptors (Lipinski definition) is 3. The van der Waals surface area contributed by atoms with Crippen LogP contribution in [0.25, 0.3) is 0 Å². The molecule has 0 spiro atoms. The van der Waals surface area contributed by atoms with E-state index in [0.29, 0.717) is 12.4 Å². The van der Waals surface area contributed by atoms with Crippen molar-refractivity contribution in [1.29, 1.82) is 0 Å². The molecule has 2 N–H and O–H groups in total. The Morgan fingerprint density at radius 1 is 1.60 bits per heavy atom. The van der Waals surface area contributed by atoms with Gasteiger partial charge in [-0.15, -0.1) is 0 Å². The lowest BCUT2D eigenvalue weighted by Crippen LogP contribution is -2.39. The maximum Gasteiger partial charge on any atom is 0.108 e. The van der Waals surface area contributed by atoms with Gasteiger partial charge in [-0.2, -0.15) is 0 Å². The summed E-state index contributed by atoms with van der Waals surface area (Å²) in [5.74, 6) is 0.415. The van der Waals surface area contributed by atoms with Crippen LogP contribution in [0.5, 0.6) is 0 Å². The zero-order valence-corrected chi connectivity index (χ0v) is 6.16. The van der Waals surface area contributed by atoms with Crippen molar-refractivity contribution < 1.29 is 14.9 Å². The molecule has 0 unspecified atom stereocenters. The van der Waals surface area contributed by atoms with Crippen molar-refractivity contribution in [2.75, 3.05) is 13.2 Å². The predicted molar refractivity (Wildman–Crippen MR) is 39.7 cm³/mol. The molecule has 0 radical (unpaired) electrons. The molecule has 58 valence electrons. The van der Waals surface area contributed by atoms with Crippen LogP contribution in [0.2, 0.25) is 5.82 Å². The zero-order valence-electron chi connectivity index (χ0n) is 6.16.